The van der Waals surface area contributed by atoms with Crippen LogP contribution in [-0.2, 0) is 0 Å². The number of hydrogen-bond donors (Lipinski definition) is 0. The Labute approximate surface area is 127 Å². The molecule has 22 heavy (non-hydrogen) atoms. The summed E-state index contributed by atoms with van der Waals surface area (Å²) >= 11 is 0. The molecule has 0 N–H and O–H groups in total. The van der Waals surface area contributed by atoms with Gasteiger partial charge in [-0.3, -0.25) is 24.4 Å². The summed E-state index contributed by atoms with van der Waals surface area (Å²) in [5.74, 6) is -0.00611. The normalized spacial score (nSPS) is 17.0. The zero-order chi connectivity index (χ0) is 15.7. The maximum Gasteiger partial charge on any atom is 0.270 e. The number of nitrogens with zero attached hydrogens (tertiary/aromatic N) is 4. The molecule has 0 unspecified atom stereocenters. The third-order valence-corrected chi connectivity index (χ3v) is 4.11. The number of piperazine rings is 1. The highest BCUT2D eigenvalue weighted by Crippen LogP contribution is 2.22. The van der Waals surface area contributed by atoms with Gasteiger partial charge in [0.25, 0.3) is 5.69 Å². The van der Waals surface area contributed by atoms with E-state index in [9.17, 15) is 14.9 Å². The third kappa shape index (κ3) is 2.86. The Morgan fingerprint density at radius 3 is 2.64 bits per heavy atom. The molecule has 0 saturated carbocycles. The van der Waals surface area contributed by atoms with Crippen molar-refractivity contribution in [3.05, 3.63) is 40.6 Å². The molecular formula is C15H18N4O3. The first-order chi connectivity index (χ1) is 10.5. The van der Waals surface area contributed by atoms with E-state index in [4.69, 9.17) is 0 Å². The van der Waals surface area contributed by atoms with Gasteiger partial charge in [-0.05, 0) is 19.2 Å². The molecular weight excluding hydrogens is 284 g/mol. The van der Waals surface area contributed by atoms with Crippen molar-refractivity contribution in [2.45, 2.75) is 0 Å². The molecule has 7 heteroatoms. The second-order valence-electron chi connectivity index (χ2n) is 5.66. The minimum atomic E-state index is -0.428. The van der Waals surface area contributed by atoms with Crippen molar-refractivity contribution in [3.63, 3.8) is 0 Å². The van der Waals surface area contributed by atoms with Gasteiger partial charge in [-0.25, -0.2) is 0 Å². The number of carbonyl (C=O) groups excluding carboxylic acids is 1. The van der Waals surface area contributed by atoms with Crippen LogP contribution >= 0.6 is 0 Å². The molecule has 1 aromatic heterocycles. The molecule has 0 bridgehead atoms. The molecule has 2 heterocycles. The van der Waals surface area contributed by atoms with Gasteiger partial charge in [0.15, 0.2) is 0 Å². The Kier molecular flexibility index (Phi) is 3.91. The van der Waals surface area contributed by atoms with E-state index in [1.54, 1.807) is 22.9 Å². The van der Waals surface area contributed by atoms with E-state index in [1.165, 1.54) is 12.1 Å². The molecule has 0 aliphatic carbocycles. The number of fused-ring (bicyclic) bond motifs is 1. The van der Waals surface area contributed by atoms with E-state index in [1.807, 2.05) is 0 Å². The Bertz CT molecular complexity index is 717. The molecule has 7 nitrogen and oxygen atoms in total. The molecule has 1 aliphatic heterocycles. The van der Waals surface area contributed by atoms with Crippen molar-refractivity contribution < 1.29 is 9.72 Å². The lowest BCUT2D eigenvalue weighted by atomic mass is 10.2. The molecule has 1 saturated heterocycles. The fourth-order valence-corrected chi connectivity index (χ4v) is 2.73. The molecule has 1 aliphatic rings. The van der Waals surface area contributed by atoms with Crippen molar-refractivity contribution in [1.29, 1.82) is 0 Å². The first kappa shape index (κ1) is 14.7. The quantitative estimate of drug-likeness (QED) is 0.633. The molecule has 1 fully saturated rings. The average Bonchev–Trinajstić information content (AvgIpc) is 2.92. The lowest BCUT2D eigenvalue weighted by Crippen LogP contribution is -2.46. The van der Waals surface area contributed by atoms with Gasteiger partial charge in [0.05, 0.1) is 17.0 Å². The van der Waals surface area contributed by atoms with Crippen LogP contribution in [0.15, 0.2) is 30.5 Å². The smallest absolute Gasteiger partial charge is 0.270 e. The van der Waals surface area contributed by atoms with Crippen LogP contribution in [0, 0.1) is 10.1 Å². The van der Waals surface area contributed by atoms with Crippen molar-refractivity contribution in [2.75, 3.05) is 39.8 Å². The second kappa shape index (κ2) is 5.86. The van der Waals surface area contributed by atoms with Gasteiger partial charge in [0, 0.05) is 49.9 Å². The van der Waals surface area contributed by atoms with Crippen LogP contribution < -0.4 is 0 Å². The summed E-state index contributed by atoms with van der Waals surface area (Å²) in [4.78, 5) is 27.2. The van der Waals surface area contributed by atoms with E-state index in [-0.39, 0.29) is 11.6 Å². The van der Waals surface area contributed by atoms with E-state index in [0.29, 0.717) is 17.4 Å². The van der Waals surface area contributed by atoms with Gasteiger partial charge >= 0.3 is 0 Å². The summed E-state index contributed by atoms with van der Waals surface area (Å²) < 4.78 is 1.58. The SMILES string of the molecule is CN1CCN(CC(=O)n2ccc3cc([N+](=O)[O-])ccc32)CC1. The summed E-state index contributed by atoms with van der Waals surface area (Å²) in [5.41, 5.74) is 0.751. The van der Waals surface area contributed by atoms with Crippen molar-refractivity contribution in [1.82, 2.24) is 14.4 Å². The average molecular weight is 302 g/mol. The zero-order valence-electron chi connectivity index (χ0n) is 12.4. The van der Waals surface area contributed by atoms with E-state index >= 15 is 0 Å². The van der Waals surface area contributed by atoms with Gasteiger partial charge in [-0.1, -0.05) is 0 Å². The molecule has 0 atom stereocenters. The van der Waals surface area contributed by atoms with Crippen LogP contribution in [0.1, 0.15) is 4.79 Å². The summed E-state index contributed by atoms with van der Waals surface area (Å²) in [6.07, 6.45) is 1.69. The molecule has 116 valence electrons. The first-order valence-corrected chi connectivity index (χ1v) is 7.24. The minimum Gasteiger partial charge on any atom is -0.304 e. The van der Waals surface area contributed by atoms with Crippen LogP contribution in [0.3, 0.4) is 0 Å². The molecule has 3 rings (SSSR count). The number of aromatic nitrogens is 1. The maximum absolute atomic E-state index is 12.5. The third-order valence-electron chi connectivity index (χ3n) is 4.11. The topological polar surface area (TPSA) is 71.6 Å². The number of nitro benzene ring substituents is 1. The van der Waals surface area contributed by atoms with Crippen molar-refractivity contribution in [3.8, 4) is 0 Å². The fraction of sp³-hybridized carbons (Fsp3) is 0.400. The minimum absolute atomic E-state index is 0.00611. The van der Waals surface area contributed by atoms with Crippen molar-refractivity contribution >= 4 is 22.5 Å². The molecule has 0 amide bonds. The van der Waals surface area contributed by atoms with E-state index < -0.39 is 4.92 Å². The van der Waals surface area contributed by atoms with Gasteiger partial charge in [0.2, 0.25) is 5.91 Å². The number of non-ortho nitro benzene ring substituents is 1. The van der Waals surface area contributed by atoms with Crippen LogP contribution in [0.4, 0.5) is 5.69 Å². The standard InChI is InChI=1S/C15H18N4O3/c1-16-6-8-17(9-7-16)11-15(20)18-5-4-12-10-13(19(21)22)2-3-14(12)18/h2-5,10H,6-9,11H2,1H3. The van der Waals surface area contributed by atoms with E-state index in [0.717, 1.165) is 26.2 Å². The van der Waals surface area contributed by atoms with Crippen LogP contribution in [0.5, 0.6) is 0 Å². The summed E-state index contributed by atoms with van der Waals surface area (Å²) in [6, 6.07) is 6.30. The van der Waals surface area contributed by atoms with Crippen LogP contribution in [0.2, 0.25) is 0 Å². The highest BCUT2D eigenvalue weighted by Gasteiger charge is 2.18. The van der Waals surface area contributed by atoms with Crippen LogP contribution in [-0.4, -0.2) is 65.0 Å². The number of hydrogen-bond acceptors (Lipinski definition) is 5. The first-order valence-electron chi connectivity index (χ1n) is 7.24. The molecule has 0 radical (unpaired) electrons. The Hall–Kier alpha value is -2.25. The monoisotopic (exact) mass is 302 g/mol. The molecule has 0 spiro atoms. The Balaban J connectivity index is 1.78. The Morgan fingerprint density at radius 2 is 1.95 bits per heavy atom. The number of rotatable bonds is 3. The molecule has 1 aromatic carbocycles. The van der Waals surface area contributed by atoms with E-state index in [2.05, 4.69) is 16.8 Å². The van der Waals surface area contributed by atoms with Gasteiger partial charge < -0.3 is 4.90 Å². The number of nitro groups is 1. The highest BCUT2D eigenvalue weighted by atomic mass is 16.6. The summed E-state index contributed by atoms with van der Waals surface area (Å²) in [6.45, 7) is 4.06. The predicted octanol–water partition coefficient (Wildman–Crippen LogP) is 1.44. The fourth-order valence-electron chi connectivity index (χ4n) is 2.73. The van der Waals surface area contributed by atoms with Crippen LogP contribution in [0.25, 0.3) is 10.9 Å². The Morgan fingerprint density at radius 1 is 1.23 bits per heavy atom. The van der Waals surface area contributed by atoms with Gasteiger partial charge in [-0.15, -0.1) is 0 Å². The lowest BCUT2D eigenvalue weighted by molar-refractivity contribution is -0.384. The number of carbonyl (C=O) groups is 1. The lowest BCUT2D eigenvalue weighted by Gasteiger charge is -2.31. The van der Waals surface area contributed by atoms with Gasteiger partial charge in [0.1, 0.15) is 0 Å². The molecule has 2 aromatic rings. The zero-order valence-corrected chi connectivity index (χ0v) is 12.4. The highest BCUT2D eigenvalue weighted by molar-refractivity contribution is 5.94. The van der Waals surface area contributed by atoms with Gasteiger partial charge in [-0.2, -0.15) is 0 Å². The predicted molar refractivity (Wildman–Crippen MR) is 83.2 cm³/mol. The summed E-state index contributed by atoms with van der Waals surface area (Å²) in [5, 5.41) is 11.5. The number of likely N-dealkylation sites (N-methyl/N-ethyl adjacent to an activating group) is 1. The summed E-state index contributed by atoms with van der Waals surface area (Å²) in [7, 11) is 2.07. The maximum atomic E-state index is 12.5. The van der Waals surface area contributed by atoms with Crippen molar-refractivity contribution in [2.24, 2.45) is 0 Å². The largest absolute Gasteiger partial charge is 0.304 e. The number of benzene rings is 1. The second-order valence-corrected chi connectivity index (χ2v) is 5.66.